The highest BCUT2D eigenvalue weighted by atomic mass is 35.5. The van der Waals surface area contributed by atoms with E-state index in [1.807, 2.05) is 52.9 Å². The van der Waals surface area contributed by atoms with E-state index in [0.717, 1.165) is 6.42 Å². The number of hydrogen-bond acceptors (Lipinski definition) is 8. The van der Waals surface area contributed by atoms with Gasteiger partial charge < -0.3 is 31.3 Å². The van der Waals surface area contributed by atoms with Crippen LogP contribution in [0, 0.1) is 11.3 Å². The molecule has 0 radical (unpaired) electrons. The molecule has 0 spiro atoms. The first-order valence-electron chi connectivity index (χ1n) is 13.8. The molecule has 2 heterocycles. The predicted octanol–water partition coefficient (Wildman–Crippen LogP) is 4.98. The second kappa shape index (κ2) is 13.9. The molecule has 10 nitrogen and oxygen atoms in total. The van der Waals surface area contributed by atoms with Crippen LogP contribution in [0.25, 0.3) is 10.9 Å². The number of hydrogen-bond donors (Lipinski definition) is 4. The van der Waals surface area contributed by atoms with Crippen molar-refractivity contribution < 1.29 is 14.3 Å². The summed E-state index contributed by atoms with van der Waals surface area (Å²) in [7, 11) is 3.36. The van der Waals surface area contributed by atoms with E-state index in [0.29, 0.717) is 51.8 Å². The van der Waals surface area contributed by atoms with Gasteiger partial charge in [-0.1, -0.05) is 44.5 Å². The second-order valence-electron chi connectivity index (χ2n) is 11.6. The fourth-order valence-electron chi connectivity index (χ4n) is 5.43. The molecule has 1 aliphatic rings. The minimum atomic E-state index is -0.627. The Morgan fingerprint density at radius 1 is 1.17 bits per heavy atom. The molecule has 42 heavy (non-hydrogen) atoms. The summed E-state index contributed by atoms with van der Waals surface area (Å²) in [4.78, 5) is 38.1. The number of para-hydroxylation sites is 1. The van der Waals surface area contributed by atoms with Crippen molar-refractivity contribution in [1.82, 2.24) is 20.2 Å². The number of nitrogens with two attached hydrogens (primary N) is 1. The summed E-state index contributed by atoms with van der Waals surface area (Å²) >= 11 is 6.35. The Hall–Kier alpha value is -3.18. The van der Waals surface area contributed by atoms with Crippen LogP contribution in [0.5, 0.6) is 5.75 Å². The summed E-state index contributed by atoms with van der Waals surface area (Å²) in [6, 6.07) is 9.76. The molecule has 1 saturated heterocycles. The summed E-state index contributed by atoms with van der Waals surface area (Å²) in [6.45, 7) is 8.51. The van der Waals surface area contributed by atoms with Crippen molar-refractivity contribution in [2.45, 2.75) is 58.7 Å². The van der Waals surface area contributed by atoms with E-state index in [2.05, 4.69) is 25.9 Å². The van der Waals surface area contributed by atoms with Gasteiger partial charge in [0.2, 0.25) is 11.8 Å². The standard InChI is InChI=1S/C30H40ClN7O3.ClH/c1-17(33-5)26(32)25(30(2,3)4)29(40)38-13-9-12-23(38)28(39)37-22-14-18-21(15-24(22)41-6)34-16-35-27(18)36-20-11-8-7-10-19(20)31;/h7-8,10-11,14-17,23,25-26,33H,9,12-13,32H2,1-6H3,(H,37,39)(H,34,35,36);1H/t17-,23-,25-,26?;/m0./s1. The van der Waals surface area contributed by atoms with Crippen LogP contribution in [0.1, 0.15) is 40.5 Å². The quantitative estimate of drug-likeness (QED) is 0.264. The van der Waals surface area contributed by atoms with Crippen LogP contribution in [-0.2, 0) is 9.59 Å². The molecule has 2 amide bonds. The summed E-state index contributed by atoms with van der Waals surface area (Å²) < 4.78 is 5.60. The zero-order valence-corrected chi connectivity index (χ0v) is 26.5. The van der Waals surface area contributed by atoms with Gasteiger partial charge in [-0.15, -0.1) is 12.4 Å². The van der Waals surface area contributed by atoms with E-state index < -0.39 is 23.4 Å². The number of benzene rings is 2. The van der Waals surface area contributed by atoms with Crippen molar-refractivity contribution in [3.63, 3.8) is 0 Å². The van der Waals surface area contributed by atoms with Gasteiger partial charge in [-0.05, 0) is 50.4 Å². The highest BCUT2D eigenvalue weighted by Crippen LogP contribution is 2.36. The number of halogens is 2. The van der Waals surface area contributed by atoms with Crippen molar-refractivity contribution in [2.24, 2.45) is 17.1 Å². The predicted molar refractivity (Wildman–Crippen MR) is 171 cm³/mol. The van der Waals surface area contributed by atoms with Crippen LogP contribution in [0.4, 0.5) is 17.2 Å². The summed E-state index contributed by atoms with van der Waals surface area (Å²) in [5, 5.41) is 10.7. The topological polar surface area (TPSA) is 134 Å². The molecular formula is C30H41Cl2N7O3. The molecular weight excluding hydrogens is 577 g/mol. The molecule has 4 atom stereocenters. The number of nitrogens with one attached hydrogen (secondary N) is 3. The van der Waals surface area contributed by atoms with Crippen LogP contribution in [0.2, 0.25) is 5.02 Å². The molecule has 0 bridgehead atoms. The van der Waals surface area contributed by atoms with Crippen LogP contribution < -0.4 is 26.4 Å². The van der Waals surface area contributed by atoms with Crippen molar-refractivity contribution in [2.75, 3.05) is 31.3 Å². The maximum atomic E-state index is 13.9. The van der Waals surface area contributed by atoms with Gasteiger partial charge in [0.25, 0.3) is 0 Å². The Morgan fingerprint density at radius 3 is 2.52 bits per heavy atom. The minimum Gasteiger partial charge on any atom is -0.494 e. The average molecular weight is 619 g/mol. The number of carbonyl (C=O) groups excluding carboxylic acids is 2. The van der Waals surface area contributed by atoms with E-state index >= 15 is 0 Å². The molecule has 0 saturated carbocycles. The van der Waals surface area contributed by atoms with E-state index in [4.69, 9.17) is 22.1 Å². The Balaban J connectivity index is 0.00000484. The Bertz CT molecular complexity index is 1420. The lowest BCUT2D eigenvalue weighted by Gasteiger charge is -2.40. The molecule has 1 fully saturated rings. The van der Waals surface area contributed by atoms with Gasteiger partial charge in [0.15, 0.2) is 0 Å². The molecule has 1 unspecified atom stereocenters. The van der Waals surface area contributed by atoms with E-state index in [1.165, 1.54) is 13.4 Å². The van der Waals surface area contributed by atoms with E-state index in [9.17, 15) is 9.59 Å². The lowest BCUT2D eigenvalue weighted by molar-refractivity contribution is -0.144. The van der Waals surface area contributed by atoms with Crippen molar-refractivity contribution in [1.29, 1.82) is 0 Å². The largest absolute Gasteiger partial charge is 0.494 e. The van der Waals surface area contributed by atoms with Gasteiger partial charge in [-0.2, -0.15) is 0 Å². The SMILES string of the molecule is CN[C@@H](C)C(N)[C@@H](C(=O)N1CCC[C@H]1C(=O)Nc1cc2c(Nc3ccccc3Cl)ncnc2cc1OC)C(C)(C)C.Cl. The number of ether oxygens (including phenoxy) is 1. The highest BCUT2D eigenvalue weighted by molar-refractivity contribution is 6.33. The summed E-state index contributed by atoms with van der Waals surface area (Å²) in [5.41, 5.74) is 7.97. The van der Waals surface area contributed by atoms with Gasteiger partial charge in [-0.25, -0.2) is 9.97 Å². The number of likely N-dealkylation sites (N-methyl/N-ethyl adjacent to an activating group) is 1. The van der Waals surface area contributed by atoms with Gasteiger partial charge in [0.1, 0.15) is 23.9 Å². The van der Waals surface area contributed by atoms with Crippen molar-refractivity contribution in [3.05, 3.63) is 47.7 Å². The zero-order valence-electron chi connectivity index (χ0n) is 24.9. The first kappa shape index (κ1) is 33.3. The molecule has 1 aliphatic heterocycles. The van der Waals surface area contributed by atoms with E-state index in [-0.39, 0.29) is 30.3 Å². The molecule has 4 rings (SSSR count). The number of methoxy groups -OCH3 is 1. The van der Waals surface area contributed by atoms with Crippen LogP contribution in [0.3, 0.4) is 0 Å². The third kappa shape index (κ3) is 7.06. The fourth-order valence-corrected chi connectivity index (χ4v) is 5.61. The molecule has 2 aromatic carbocycles. The van der Waals surface area contributed by atoms with Crippen molar-refractivity contribution in [3.8, 4) is 5.75 Å². The first-order chi connectivity index (χ1) is 19.5. The number of likely N-dealkylation sites (tertiary alicyclic amines) is 1. The molecule has 5 N–H and O–H groups in total. The number of nitrogens with zero attached hydrogens (tertiary/aromatic N) is 3. The monoisotopic (exact) mass is 617 g/mol. The van der Waals surface area contributed by atoms with Gasteiger partial charge >= 0.3 is 0 Å². The lowest BCUT2D eigenvalue weighted by Crippen LogP contribution is -2.57. The molecule has 12 heteroatoms. The smallest absolute Gasteiger partial charge is 0.247 e. The molecule has 228 valence electrons. The van der Waals surface area contributed by atoms with Gasteiger partial charge in [0, 0.05) is 30.1 Å². The third-order valence-corrected chi connectivity index (χ3v) is 8.13. The molecule has 1 aromatic heterocycles. The number of aromatic nitrogens is 2. The Morgan fingerprint density at radius 2 is 1.88 bits per heavy atom. The van der Waals surface area contributed by atoms with E-state index in [1.54, 1.807) is 23.1 Å². The minimum absolute atomic E-state index is 0. The first-order valence-corrected chi connectivity index (χ1v) is 14.2. The van der Waals surface area contributed by atoms with Crippen molar-refractivity contribution >= 4 is 63.9 Å². The maximum absolute atomic E-state index is 13.9. The number of amides is 2. The Kier molecular flexibility index (Phi) is 11.0. The van der Waals surface area contributed by atoms with Gasteiger partial charge in [0.05, 0.1) is 34.9 Å². The summed E-state index contributed by atoms with van der Waals surface area (Å²) in [5.74, 6) is 0.119. The molecule has 3 aromatic rings. The Labute approximate surface area is 258 Å². The second-order valence-corrected chi connectivity index (χ2v) is 12.0. The average Bonchev–Trinajstić information content (AvgIpc) is 3.43. The van der Waals surface area contributed by atoms with Gasteiger partial charge in [-0.3, -0.25) is 9.59 Å². The normalized spacial score (nSPS) is 17.2. The number of rotatable bonds is 9. The zero-order chi connectivity index (χ0) is 29.9. The van der Waals surface area contributed by atoms with Crippen LogP contribution in [-0.4, -0.2) is 65.5 Å². The maximum Gasteiger partial charge on any atom is 0.247 e. The fraction of sp³-hybridized carbons (Fsp3) is 0.467. The highest BCUT2D eigenvalue weighted by Gasteiger charge is 2.44. The lowest BCUT2D eigenvalue weighted by atomic mass is 9.73. The third-order valence-electron chi connectivity index (χ3n) is 7.80. The molecule has 0 aliphatic carbocycles. The number of carbonyl (C=O) groups is 2. The summed E-state index contributed by atoms with van der Waals surface area (Å²) in [6.07, 6.45) is 2.74. The van der Waals surface area contributed by atoms with Crippen LogP contribution >= 0.6 is 24.0 Å². The number of fused-ring (bicyclic) bond motifs is 1. The van der Waals surface area contributed by atoms with Crippen LogP contribution in [0.15, 0.2) is 42.7 Å². The number of anilines is 3.